The number of benzene rings is 2. The van der Waals surface area contributed by atoms with Crippen LogP contribution >= 0.6 is 22.9 Å². The number of aromatic nitrogens is 1. The number of hydrogen-bond donors (Lipinski definition) is 1. The maximum absolute atomic E-state index is 14.0. The van der Waals surface area contributed by atoms with Gasteiger partial charge in [0.25, 0.3) is 5.56 Å². The second kappa shape index (κ2) is 12.9. The van der Waals surface area contributed by atoms with Gasteiger partial charge in [0.05, 0.1) is 52.3 Å². The Kier molecular flexibility index (Phi) is 9.07. The Morgan fingerprint density at radius 1 is 1.05 bits per heavy atom. The van der Waals surface area contributed by atoms with Crippen molar-refractivity contribution in [2.24, 2.45) is 4.99 Å². The lowest BCUT2D eigenvalue weighted by Gasteiger charge is -2.25. The largest absolute Gasteiger partial charge is 0.490 e. The topological polar surface area (TPSA) is 130 Å². The van der Waals surface area contributed by atoms with Gasteiger partial charge in [0.2, 0.25) is 0 Å². The second-order valence-electron chi connectivity index (χ2n) is 9.58. The van der Waals surface area contributed by atoms with Crippen LogP contribution in [0, 0.1) is 0 Å². The molecule has 3 heterocycles. The number of carboxylic acids is 1. The Balaban J connectivity index is 1.63. The zero-order valence-electron chi connectivity index (χ0n) is 24.4. The Morgan fingerprint density at radius 3 is 2.50 bits per heavy atom. The molecular weight excluding hydrogens is 608 g/mol. The number of halogens is 1. The van der Waals surface area contributed by atoms with Gasteiger partial charge in [-0.3, -0.25) is 9.36 Å². The number of nitrogens with zero attached hydrogens (tertiary/aromatic N) is 2. The number of carbonyl (C=O) groups is 2. The fourth-order valence-corrected chi connectivity index (χ4v) is 6.13. The van der Waals surface area contributed by atoms with Crippen LogP contribution in [0.25, 0.3) is 17.4 Å². The van der Waals surface area contributed by atoms with Gasteiger partial charge in [-0.2, -0.15) is 0 Å². The number of thiazole rings is 1. The molecule has 1 N–H and O–H groups in total. The van der Waals surface area contributed by atoms with Crippen LogP contribution in [0.3, 0.4) is 0 Å². The maximum atomic E-state index is 14.0. The minimum atomic E-state index is -1.15. The number of furan rings is 1. The highest BCUT2D eigenvalue weighted by atomic mass is 35.5. The molecule has 1 aliphatic heterocycles. The van der Waals surface area contributed by atoms with Gasteiger partial charge in [-0.05, 0) is 75.7 Å². The highest BCUT2D eigenvalue weighted by Crippen LogP contribution is 2.36. The lowest BCUT2D eigenvalue weighted by atomic mass is 9.95. The van der Waals surface area contributed by atoms with E-state index in [0.717, 1.165) is 11.3 Å². The number of allylic oxidation sites excluding steroid dienone is 1. The average Bonchev–Trinajstić information content (AvgIpc) is 3.58. The van der Waals surface area contributed by atoms with Crippen LogP contribution in [-0.2, 0) is 9.53 Å². The van der Waals surface area contributed by atoms with E-state index in [2.05, 4.69) is 4.99 Å². The summed E-state index contributed by atoms with van der Waals surface area (Å²) in [6.45, 7) is 8.15. The van der Waals surface area contributed by atoms with Crippen molar-refractivity contribution < 1.29 is 33.3 Å². The summed E-state index contributed by atoms with van der Waals surface area (Å²) in [4.78, 5) is 43.8. The van der Waals surface area contributed by atoms with Crippen molar-refractivity contribution in [2.45, 2.75) is 33.7 Å². The molecule has 0 aliphatic carbocycles. The van der Waals surface area contributed by atoms with Crippen molar-refractivity contribution in [3.8, 4) is 22.8 Å². The van der Waals surface area contributed by atoms with Crippen molar-refractivity contribution in [1.29, 1.82) is 0 Å². The van der Waals surface area contributed by atoms with Gasteiger partial charge >= 0.3 is 11.9 Å². The second-order valence-corrected chi connectivity index (χ2v) is 11.0. The number of hydrogen-bond acceptors (Lipinski definition) is 9. The number of fused-ring (bicyclic) bond motifs is 1. The lowest BCUT2D eigenvalue weighted by molar-refractivity contribution is -0.139. The molecule has 2 aromatic heterocycles. The average molecular weight is 637 g/mol. The van der Waals surface area contributed by atoms with Gasteiger partial charge in [0.15, 0.2) is 16.3 Å². The number of carboxylic acid groups (broad SMARTS) is 1. The summed E-state index contributed by atoms with van der Waals surface area (Å²) in [5.74, 6) is 0.0860. The molecule has 0 bridgehead atoms. The smallest absolute Gasteiger partial charge is 0.338 e. The van der Waals surface area contributed by atoms with Crippen LogP contribution in [0.4, 0.5) is 0 Å². The van der Waals surface area contributed by atoms with Gasteiger partial charge in [-0.15, -0.1) is 0 Å². The van der Waals surface area contributed by atoms with Crippen LogP contribution in [-0.4, -0.2) is 41.4 Å². The summed E-state index contributed by atoms with van der Waals surface area (Å²) in [6, 6.07) is 12.4. The van der Waals surface area contributed by atoms with Crippen molar-refractivity contribution >= 4 is 41.0 Å². The minimum absolute atomic E-state index is 0.0509. The molecule has 228 valence electrons. The third-order valence-electron chi connectivity index (χ3n) is 6.78. The van der Waals surface area contributed by atoms with Crippen LogP contribution in [0.2, 0.25) is 5.02 Å². The van der Waals surface area contributed by atoms with Gasteiger partial charge in [-0.25, -0.2) is 14.6 Å². The Morgan fingerprint density at radius 2 is 1.80 bits per heavy atom. The predicted molar refractivity (Wildman–Crippen MR) is 165 cm³/mol. The summed E-state index contributed by atoms with van der Waals surface area (Å²) in [7, 11) is 0. The number of aromatic carboxylic acids is 1. The van der Waals surface area contributed by atoms with E-state index in [1.807, 2.05) is 13.8 Å². The first-order valence-electron chi connectivity index (χ1n) is 13.9. The van der Waals surface area contributed by atoms with Gasteiger partial charge in [0.1, 0.15) is 11.5 Å². The number of ether oxygens (including phenoxy) is 3. The molecule has 0 saturated carbocycles. The Hall–Kier alpha value is -4.61. The van der Waals surface area contributed by atoms with Gasteiger partial charge in [-0.1, -0.05) is 29.0 Å². The quantitative estimate of drug-likeness (QED) is 0.235. The minimum Gasteiger partial charge on any atom is -0.490 e. The van der Waals surface area contributed by atoms with E-state index in [4.69, 9.17) is 30.2 Å². The van der Waals surface area contributed by atoms with Crippen LogP contribution in [0.15, 0.2) is 74.0 Å². The third-order valence-corrected chi connectivity index (χ3v) is 8.09. The summed E-state index contributed by atoms with van der Waals surface area (Å²) in [5, 5.41) is 9.53. The summed E-state index contributed by atoms with van der Waals surface area (Å²) < 4.78 is 24.7. The van der Waals surface area contributed by atoms with Crippen molar-refractivity contribution in [1.82, 2.24) is 4.57 Å². The molecule has 2 aromatic carbocycles. The molecule has 1 aliphatic rings. The van der Waals surface area contributed by atoms with Crippen molar-refractivity contribution in [3.63, 3.8) is 0 Å². The number of carbonyl (C=O) groups excluding carboxylic acids is 1. The standard InChI is InChI=1S/C32H29ClN2O8S/c1-5-40-24-12-9-19(15-25(24)41-6-2)28-27(31(39)42-7-3)17(4)34-32-35(28)29(36)26(44-32)16-20-10-13-23(43-20)18-8-11-22(33)21(14-18)30(37)38/h8-16,28H,5-7H2,1-4H3,(H,37,38)/b26-16-/t28-/m1/s1. The van der Waals surface area contributed by atoms with Crippen LogP contribution in [0.1, 0.15) is 55.4 Å². The van der Waals surface area contributed by atoms with E-state index >= 15 is 0 Å². The summed E-state index contributed by atoms with van der Waals surface area (Å²) >= 11 is 7.17. The van der Waals surface area contributed by atoms with E-state index in [1.54, 1.807) is 56.3 Å². The maximum Gasteiger partial charge on any atom is 0.338 e. The van der Waals surface area contributed by atoms with Gasteiger partial charge < -0.3 is 23.7 Å². The molecule has 1 atom stereocenters. The Labute approximate surface area is 261 Å². The molecular formula is C32H29ClN2O8S. The van der Waals surface area contributed by atoms with E-state index in [-0.39, 0.29) is 28.3 Å². The zero-order chi connectivity index (χ0) is 31.5. The number of rotatable bonds is 10. The molecule has 44 heavy (non-hydrogen) atoms. The molecule has 0 radical (unpaired) electrons. The molecule has 12 heteroatoms. The first-order chi connectivity index (χ1) is 21.2. The molecule has 4 aromatic rings. The first-order valence-corrected chi connectivity index (χ1v) is 15.1. The molecule has 0 amide bonds. The van der Waals surface area contributed by atoms with Gasteiger partial charge in [0, 0.05) is 11.6 Å². The summed E-state index contributed by atoms with van der Waals surface area (Å²) in [6.07, 6.45) is 1.59. The normalized spacial score (nSPS) is 14.7. The van der Waals surface area contributed by atoms with E-state index < -0.39 is 18.0 Å². The summed E-state index contributed by atoms with van der Waals surface area (Å²) in [5.41, 5.74) is 1.39. The highest BCUT2D eigenvalue weighted by molar-refractivity contribution is 7.07. The fourth-order valence-electron chi connectivity index (χ4n) is 4.90. The van der Waals surface area contributed by atoms with Crippen LogP contribution in [0.5, 0.6) is 11.5 Å². The van der Waals surface area contributed by atoms with Crippen LogP contribution < -0.4 is 24.4 Å². The van der Waals surface area contributed by atoms with E-state index in [9.17, 15) is 19.5 Å². The van der Waals surface area contributed by atoms with Crippen molar-refractivity contribution in [3.05, 3.63) is 101 Å². The molecule has 0 unspecified atom stereocenters. The third kappa shape index (κ3) is 5.93. The number of esters is 1. The SMILES string of the molecule is CCOC(=O)C1=C(C)N=c2s/c(=C\c3ccc(-c4ccc(Cl)c(C(=O)O)c4)o3)c(=O)n2[C@@H]1c1ccc(OCC)c(OCC)c1. The molecule has 0 fully saturated rings. The lowest BCUT2D eigenvalue weighted by Crippen LogP contribution is -2.40. The van der Waals surface area contributed by atoms with E-state index in [1.165, 1.54) is 16.7 Å². The van der Waals surface area contributed by atoms with E-state index in [0.29, 0.717) is 62.4 Å². The monoisotopic (exact) mass is 636 g/mol. The predicted octanol–water partition coefficient (Wildman–Crippen LogP) is 5.21. The molecule has 0 spiro atoms. The molecule has 10 nitrogen and oxygen atoms in total. The van der Waals surface area contributed by atoms with Crippen molar-refractivity contribution in [2.75, 3.05) is 19.8 Å². The first kappa shape index (κ1) is 30.8. The highest BCUT2D eigenvalue weighted by Gasteiger charge is 2.34. The molecule has 0 saturated heterocycles. The molecule has 5 rings (SSSR count). The fraction of sp³-hybridized carbons (Fsp3) is 0.250. The Bertz CT molecular complexity index is 1970. The zero-order valence-corrected chi connectivity index (χ0v) is 26.0.